The maximum absolute atomic E-state index is 13.3. The van der Waals surface area contributed by atoms with Gasteiger partial charge in [-0.3, -0.25) is 9.59 Å². The van der Waals surface area contributed by atoms with E-state index in [4.69, 9.17) is 23.4 Å². The molecule has 32 heavy (non-hydrogen) atoms. The van der Waals surface area contributed by atoms with Crippen LogP contribution in [0.15, 0.2) is 47.1 Å². The number of likely N-dealkylation sites (tertiary alicyclic amines) is 1. The first-order valence-corrected chi connectivity index (χ1v) is 10.3. The number of fused-ring (bicyclic) bond motifs is 1. The van der Waals surface area contributed by atoms with Crippen LogP contribution in [0.3, 0.4) is 0 Å². The number of nitrogens with one attached hydrogen (secondary N) is 1. The lowest BCUT2D eigenvalue weighted by Gasteiger charge is -2.23. The van der Waals surface area contributed by atoms with Gasteiger partial charge in [0, 0.05) is 17.8 Å². The maximum Gasteiger partial charge on any atom is 0.231 e. The smallest absolute Gasteiger partial charge is 0.231 e. The van der Waals surface area contributed by atoms with Crippen molar-refractivity contribution in [3.05, 3.63) is 48.4 Å². The highest BCUT2D eigenvalue weighted by atomic mass is 16.5. The number of benzene rings is 1. The summed E-state index contributed by atoms with van der Waals surface area (Å²) in [7, 11) is 4.52. The largest absolute Gasteiger partial charge is 0.493 e. The van der Waals surface area contributed by atoms with Crippen LogP contribution in [0.25, 0.3) is 0 Å². The zero-order chi connectivity index (χ0) is 22.5. The standard InChI is InChI=1S/C23H24N2O7/c1-28-16-9-13(10-17(29-2)20(16)30-3)24-21(26)18-15-6-7-23(32-15)12-25(22(27)19(18)23)11-14-5-4-8-31-14/h4-10,15,18-19H,11-12H2,1-3H3,(H,24,26)/t15-,18-,19-,23-/m1/s1. The Labute approximate surface area is 184 Å². The fourth-order valence-corrected chi connectivity index (χ4v) is 4.98. The van der Waals surface area contributed by atoms with E-state index in [2.05, 4.69) is 5.32 Å². The number of amides is 2. The number of nitrogens with zero attached hydrogens (tertiary/aromatic N) is 1. The molecule has 0 radical (unpaired) electrons. The Morgan fingerprint density at radius 3 is 2.59 bits per heavy atom. The Hall–Kier alpha value is -3.46. The molecule has 1 spiro atoms. The Morgan fingerprint density at radius 2 is 1.97 bits per heavy atom. The lowest BCUT2D eigenvalue weighted by atomic mass is 9.77. The third-order valence-corrected chi connectivity index (χ3v) is 6.34. The molecule has 2 bridgehead atoms. The minimum atomic E-state index is -0.786. The molecule has 2 fully saturated rings. The summed E-state index contributed by atoms with van der Waals surface area (Å²) in [5.74, 6) is 0.313. The van der Waals surface area contributed by atoms with E-state index in [1.807, 2.05) is 18.2 Å². The lowest BCUT2D eigenvalue weighted by molar-refractivity contribution is -0.136. The van der Waals surface area contributed by atoms with Crippen molar-refractivity contribution in [2.75, 3.05) is 33.2 Å². The molecule has 168 valence electrons. The second-order valence-corrected chi connectivity index (χ2v) is 8.08. The summed E-state index contributed by atoms with van der Waals surface area (Å²) in [6.45, 7) is 0.728. The van der Waals surface area contributed by atoms with Gasteiger partial charge in [-0.15, -0.1) is 0 Å². The fourth-order valence-electron chi connectivity index (χ4n) is 4.98. The molecule has 0 unspecified atom stereocenters. The van der Waals surface area contributed by atoms with E-state index in [0.717, 1.165) is 0 Å². The molecule has 0 aliphatic carbocycles. The summed E-state index contributed by atoms with van der Waals surface area (Å²) in [5, 5.41) is 2.90. The van der Waals surface area contributed by atoms with Gasteiger partial charge in [0.25, 0.3) is 0 Å². The molecule has 1 aromatic carbocycles. The first kappa shape index (κ1) is 20.4. The summed E-state index contributed by atoms with van der Waals surface area (Å²) >= 11 is 0. The van der Waals surface area contributed by atoms with Crippen LogP contribution in [0.1, 0.15) is 5.76 Å². The topological polar surface area (TPSA) is 99.5 Å². The molecule has 2 saturated heterocycles. The summed E-state index contributed by atoms with van der Waals surface area (Å²) < 4.78 is 27.6. The predicted octanol–water partition coefficient (Wildman–Crippen LogP) is 2.23. The first-order valence-electron chi connectivity index (χ1n) is 10.3. The second kappa shape index (κ2) is 7.59. The van der Waals surface area contributed by atoms with E-state index < -0.39 is 23.5 Å². The van der Waals surface area contributed by atoms with E-state index in [1.54, 1.807) is 29.4 Å². The molecular weight excluding hydrogens is 416 g/mol. The van der Waals surface area contributed by atoms with Crippen molar-refractivity contribution in [3.8, 4) is 17.2 Å². The van der Waals surface area contributed by atoms with Crippen LogP contribution in [0.5, 0.6) is 17.2 Å². The monoisotopic (exact) mass is 440 g/mol. The van der Waals surface area contributed by atoms with E-state index in [9.17, 15) is 9.59 Å². The zero-order valence-corrected chi connectivity index (χ0v) is 18.0. The van der Waals surface area contributed by atoms with Gasteiger partial charge in [0.2, 0.25) is 17.6 Å². The zero-order valence-electron chi connectivity index (χ0n) is 18.0. The van der Waals surface area contributed by atoms with Crippen LogP contribution in [0, 0.1) is 11.8 Å². The van der Waals surface area contributed by atoms with Crippen molar-refractivity contribution in [1.29, 1.82) is 0 Å². The number of methoxy groups -OCH3 is 3. The molecule has 3 aliphatic rings. The molecule has 2 amide bonds. The molecule has 5 rings (SSSR count). The predicted molar refractivity (Wildman–Crippen MR) is 113 cm³/mol. The quantitative estimate of drug-likeness (QED) is 0.659. The van der Waals surface area contributed by atoms with E-state index >= 15 is 0 Å². The van der Waals surface area contributed by atoms with Gasteiger partial charge in [-0.05, 0) is 12.1 Å². The van der Waals surface area contributed by atoms with Crippen molar-refractivity contribution in [3.63, 3.8) is 0 Å². The van der Waals surface area contributed by atoms with Gasteiger partial charge >= 0.3 is 0 Å². The summed E-state index contributed by atoms with van der Waals surface area (Å²) in [6.07, 6.45) is 4.92. The summed E-state index contributed by atoms with van der Waals surface area (Å²) in [6, 6.07) is 6.91. The van der Waals surface area contributed by atoms with Crippen molar-refractivity contribution in [1.82, 2.24) is 4.90 Å². The number of hydrogen-bond donors (Lipinski definition) is 1. The second-order valence-electron chi connectivity index (χ2n) is 8.08. The number of carbonyl (C=O) groups excluding carboxylic acids is 2. The molecule has 0 saturated carbocycles. The van der Waals surface area contributed by atoms with Gasteiger partial charge in [-0.25, -0.2) is 0 Å². The number of anilines is 1. The SMILES string of the molecule is COc1cc(NC(=O)[C@@H]2[C@H]3C=C[C@]4(CN(Cc5ccco5)C(=O)[C@@H]24)O3)cc(OC)c1OC. The highest BCUT2D eigenvalue weighted by molar-refractivity contribution is 5.99. The molecule has 4 atom stereocenters. The number of carbonyl (C=O) groups is 2. The lowest BCUT2D eigenvalue weighted by Crippen LogP contribution is -2.41. The molecule has 2 aromatic rings. The minimum absolute atomic E-state index is 0.113. The highest BCUT2D eigenvalue weighted by Gasteiger charge is 2.66. The van der Waals surface area contributed by atoms with Gasteiger partial charge < -0.3 is 33.6 Å². The Balaban J connectivity index is 1.39. The number of rotatable bonds is 7. The van der Waals surface area contributed by atoms with Crippen molar-refractivity contribution in [2.24, 2.45) is 11.8 Å². The number of ether oxygens (including phenoxy) is 4. The fraction of sp³-hybridized carbons (Fsp3) is 0.391. The van der Waals surface area contributed by atoms with Crippen LogP contribution >= 0.6 is 0 Å². The average Bonchev–Trinajstić information content (AvgIpc) is 3.56. The van der Waals surface area contributed by atoms with Gasteiger partial charge in [0.1, 0.15) is 11.4 Å². The average molecular weight is 440 g/mol. The van der Waals surface area contributed by atoms with Gasteiger partial charge in [0.05, 0.1) is 58.6 Å². The van der Waals surface area contributed by atoms with Crippen molar-refractivity contribution >= 4 is 17.5 Å². The Morgan fingerprint density at radius 1 is 1.22 bits per heavy atom. The van der Waals surface area contributed by atoms with E-state index in [0.29, 0.717) is 41.8 Å². The molecule has 3 aliphatic heterocycles. The van der Waals surface area contributed by atoms with Gasteiger partial charge in [-0.1, -0.05) is 12.2 Å². The first-order chi connectivity index (χ1) is 15.5. The highest BCUT2D eigenvalue weighted by Crippen LogP contribution is 2.52. The molecule has 9 nitrogen and oxygen atoms in total. The third-order valence-electron chi connectivity index (χ3n) is 6.34. The summed E-state index contributed by atoms with van der Waals surface area (Å²) in [4.78, 5) is 28.3. The van der Waals surface area contributed by atoms with Crippen molar-refractivity contribution in [2.45, 2.75) is 18.2 Å². The van der Waals surface area contributed by atoms with Crippen LogP contribution in [0.4, 0.5) is 5.69 Å². The van der Waals surface area contributed by atoms with Gasteiger partial charge in [-0.2, -0.15) is 0 Å². The number of hydrogen-bond acceptors (Lipinski definition) is 7. The normalized spacial score (nSPS) is 27.5. The summed E-state index contributed by atoms with van der Waals surface area (Å²) in [5.41, 5.74) is -0.311. The molecule has 1 aromatic heterocycles. The third kappa shape index (κ3) is 3.03. The van der Waals surface area contributed by atoms with Crippen LogP contribution in [0.2, 0.25) is 0 Å². The van der Waals surface area contributed by atoms with E-state index in [-0.39, 0.29) is 11.8 Å². The molecule has 9 heteroatoms. The van der Waals surface area contributed by atoms with Crippen LogP contribution in [-0.4, -0.2) is 56.3 Å². The number of furan rings is 1. The molecular formula is C23H24N2O7. The van der Waals surface area contributed by atoms with Crippen LogP contribution in [-0.2, 0) is 20.9 Å². The Bertz CT molecular complexity index is 1060. The van der Waals surface area contributed by atoms with Crippen LogP contribution < -0.4 is 19.5 Å². The maximum atomic E-state index is 13.3. The van der Waals surface area contributed by atoms with E-state index in [1.165, 1.54) is 21.3 Å². The Kier molecular flexibility index (Phi) is 4.85. The van der Waals surface area contributed by atoms with Gasteiger partial charge in [0.15, 0.2) is 11.5 Å². The molecule has 4 heterocycles. The minimum Gasteiger partial charge on any atom is -0.493 e. The van der Waals surface area contributed by atoms with Crippen molar-refractivity contribution < 1.29 is 33.0 Å². The molecule has 1 N–H and O–H groups in total.